The highest BCUT2D eigenvalue weighted by atomic mass is 16.4. The average molecular weight is 262 g/mol. The van der Waals surface area contributed by atoms with E-state index in [2.05, 4.69) is 20.4 Å². The Kier molecular flexibility index (Phi) is 3.60. The molecule has 0 bridgehead atoms. The van der Waals surface area contributed by atoms with Crippen LogP contribution in [0.5, 0.6) is 0 Å². The topological polar surface area (TPSA) is 119 Å². The molecular weight excluding hydrogens is 248 g/mol. The molecule has 2 heterocycles. The van der Waals surface area contributed by atoms with E-state index < -0.39 is 5.97 Å². The Morgan fingerprint density at radius 3 is 2.95 bits per heavy atom. The number of carbonyl (C=O) groups is 1. The number of carboxylic acids is 1. The SMILES string of the molecule is Cn1cnc(CCNc2ncc(N)cc2C(=O)O)n1. The predicted octanol–water partition coefficient (Wildman–Crippen LogP) is 0.145. The maximum atomic E-state index is 11.0. The molecule has 4 N–H and O–H groups in total. The van der Waals surface area contributed by atoms with Gasteiger partial charge in [-0.3, -0.25) is 4.68 Å². The normalized spacial score (nSPS) is 10.4. The van der Waals surface area contributed by atoms with Crippen molar-refractivity contribution in [2.24, 2.45) is 7.05 Å². The van der Waals surface area contributed by atoms with Gasteiger partial charge in [0.05, 0.1) is 11.9 Å². The van der Waals surface area contributed by atoms with E-state index in [0.717, 1.165) is 0 Å². The monoisotopic (exact) mass is 262 g/mol. The lowest BCUT2D eigenvalue weighted by molar-refractivity contribution is 0.0697. The lowest BCUT2D eigenvalue weighted by Gasteiger charge is -2.07. The number of rotatable bonds is 5. The summed E-state index contributed by atoms with van der Waals surface area (Å²) in [5.41, 5.74) is 5.88. The summed E-state index contributed by atoms with van der Waals surface area (Å²) < 4.78 is 1.61. The van der Waals surface area contributed by atoms with Crippen molar-refractivity contribution < 1.29 is 9.90 Å². The van der Waals surface area contributed by atoms with Crippen LogP contribution >= 0.6 is 0 Å². The summed E-state index contributed by atoms with van der Waals surface area (Å²) in [6.45, 7) is 0.487. The average Bonchev–Trinajstić information content (AvgIpc) is 2.77. The minimum absolute atomic E-state index is 0.0500. The van der Waals surface area contributed by atoms with Crippen LogP contribution in [0.2, 0.25) is 0 Å². The van der Waals surface area contributed by atoms with Gasteiger partial charge in [-0.1, -0.05) is 0 Å². The van der Waals surface area contributed by atoms with E-state index in [1.807, 2.05) is 0 Å². The fraction of sp³-hybridized carbons (Fsp3) is 0.273. The summed E-state index contributed by atoms with van der Waals surface area (Å²) in [6.07, 6.45) is 3.60. The number of hydrogen-bond donors (Lipinski definition) is 3. The zero-order valence-electron chi connectivity index (χ0n) is 10.4. The first-order chi connectivity index (χ1) is 9.06. The van der Waals surface area contributed by atoms with Gasteiger partial charge in [-0.25, -0.2) is 14.8 Å². The third-order valence-corrected chi connectivity index (χ3v) is 2.43. The number of anilines is 2. The van der Waals surface area contributed by atoms with Crippen molar-refractivity contribution in [1.29, 1.82) is 0 Å². The Morgan fingerprint density at radius 2 is 2.32 bits per heavy atom. The van der Waals surface area contributed by atoms with Gasteiger partial charge in [0.1, 0.15) is 17.7 Å². The zero-order chi connectivity index (χ0) is 13.8. The fourth-order valence-corrected chi connectivity index (χ4v) is 1.58. The van der Waals surface area contributed by atoms with Crippen LogP contribution in [0.25, 0.3) is 0 Å². The lowest BCUT2D eigenvalue weighted by atomic mass is 10.2. The van der Waals surface area contributed by atoms with Gasteiger partial charge in [0, 0.05) is 20.0 Å². The number of carboxylic acid groups (broad SMARTS) is 1. The van der Waals surface area contributed by atoms with Crippen molar-refractivity contribution in [3.05, 3.63) is 30.0 Å². The minimum atomic E-state index is -1.07. The van der Waals surface area contributed by atoms with Crippen LogP contribution in [0.1, 0.15) is 16.2 Å². The first-order valence-corrected chi connectivity index (χ1v) is 5.63. The summed E-state index contributed by atoms with van der Waals surface area (Å²) in [7, 11) is 1.79. The molecule has 100 valence electrons. The molecule has 0 saturated heterocycles. The third kappa shape index (κ3) is 3.18. The summed E-state index contributed by atoms with van der Waals surface area (Å²) in [6, 6.07) is 1.37. The fourth-order valence-electron chi connectivity index (χ4n) is 1.58. The standard InChI is InChI=1S/C11H14N6O2/c1-17-6-15-9(16-17)2-3-13-10-8(11(18)19)4-7(12)5-14-10/h4-6H,2-3,12H2,1H3,(H,13,14)(H,18,19). The quantitative estimate of drug-likeness (QED) is 0.701. The van der Waals surface area contributed by atoms with Crippen LogP contribution in [0.3, 0.4) is 0 Å². The van der Waals surface area contributed by atoms with Crippen molar-refractivity contribution in [2.75, 3.05) is 17.6 Å². The molecule has 0 fully saturated rings. The van der Waals surface area contributed by atoms with E-state index in [0.29, 0.717) is 24.5 Å². The Hall–Kier alpha value is -2.64. The molecule has 0 aliphatic rings. The number of aromatic carboxylic acids is 1. The number of aryl methyl sites for hydroxylation is 1. The van der Waals surface area contributed by atoms with Crippen molar-refractivity contribution in [3.63, 3.8) is 0 Å². The molecule has 0 atom stereocenters. The maximum Gasteiger partial charge on any atom is 0.339 e. The van der Waals surface area contributed by atoms with Crippen LogP contribution < -0.4 is 11.1 Å². The first-order valence-electron chi connectivity index (χ1n) is 5.63. The predicted molar refractivity (Wildman–Crippen MR) is 68.8 cm³/mol. The van der Waals surface area contributed by atoms with E-state index in [-0.39, 0.29) is 11.4 Å². The number of aromatic nitrogens is 4. The molecule has 2 aromatic rings. The molecule has 0 spiro atoms. The molecule has 0 saturated carbocycles. The van der Waals surface area contributed by atoms with Gasteiger partial charge >= 0.3 is 5.97 Å². The van der Waals surface area contributed by atoms with Crippen LogP contribution in [-0.4, -0.2) is 37.4 Å². The number of nitrogens with two attached hydrogens (primary N) is 1. The lowest BCUT2D eigenvalue weighted by Crippen LogP contribution is -2.12. The van der Waals surface area contributed by atoms with Crippen LogP contribution in [0, 0.1) is 0 Å². The highest BCUT2D eigenvalue weighted by Gasteiger charge is 2.11. The van der Waals surface area contributed by atoms with Gasteiger partial charge in [-0.05, 0) is 6.07 Å². The van der Waals surface area contributed by atoms with Gasteiger partial charge in [0.2, 0.25) is 0 Å². The van der Waals surface area contributed by atoms with Crippen LogP contribution in [0.15, 0.2) is 18.6 Å². The molecule has 8 nitrogen and oxygen atoms in total. The Bertz CT molecular complexity index is 595. The van der Waals surface area contributed by atoms with Gasteiger partial charge in [0.15, 0.2) is 5.82 Å². The van der Waals surface area contributed by atoms with Crippen molar-refractivity contribution >= 4 is 17.5 Å². The minimum Gasteiger partial charge on any atom is -0.478 e. The Labute approximate surface area is 109 Å². The molecule has 0 unspecified atom stereocenters. The molecule has 0 aromatic carbocycles. The molecule has 2 aromatic heterocycles. The number of nitrogens with zero attached hydrogens (tertiary/aromatic N) is 4. The second-order valence-corrected chi connectivity index (χ2v) is 3.98. The second-order valence-electron chi connectivity index (χ2n) is 3.98. The molecule has 0 aliphatic carbocycles. The second kappa shape index (κ2) is 5.34. The third-order valence-electron chi connectivity index (χ3n) is 2.43. The molecule has 8 heteroatoms. The summed E-state index contributed by atoms with van der Waals surface area (Å²) in [4.78, 5) is 19.1. The van der Waals surface area contributed by atoms with E-state index in [4.69, 9.17) is 10.8 Å². The number of pyridine rings is 1. The van der Waals surface area contributed by atoms with Gasteiger partial charge in [-0.15, -0.1) is 0 Å². The van der Waals surface area contributed by atoms with Gasteiger partial charge < -0.3 is 16.2 Å². The Balaban J connectivity index is 2.01. The summed E-state index contributed by atoms with van der Waals surface area (Å²) >= 11 is 0. The van der Waals surface area contributed by atoms with E-state index >= 15 is 0 Å². The highest BCUT2D eigenvalue weighted by molar-refractivity contribution is 5.94. The molecule has 0 amide bonds. The largest absolute Gasteiger partial charge is 0.478 e. The van der Waals surface area contributed by atoms with Crippen LogP contribution in [0.4, 0.5) is 11.5 Å². The van der Waals surface area contributed by atoms with Gasteiger partial charge in [-0.2, -0.15) is 5.10 Å². The summed E-state index contributed by atoms with van der Waals surface area (Å²) in [5.74, 6) is -0.0989. The maximum absolute atomic E-state index is 11.0. The molecular formula is C11H14N6O2. The zero-order valence-corrected chi connectivity index (χ0v) is 10.4. The molecule has 0 aliphatic heterocycles. The van der Waals surface area contributed by atoms with Crippen molar-refractivity contribution in [3.8, 4) is 0 Å². The van der Waals surface area contributed by atoms with Crippen LogP contribution in [-0.2, 0) is 13.5 Å². The van der Waals surface area contributed by atoms with Crippen molar-refractivity contribution in [1.82, 2.24) is 19.7 Å². The summed E-state index contributed by atoms with van der Waals surface area (Å²) in [5, 5.41) is 16.1. The first kappa shape index (κ1) is 12.8. The smallest absolute Gasteiger partial charge is 0.339 e. The van der Waals surface area contributed by atoms with Gasteiger partial charge in [0.25, 0.3) is 0 Å². The highest BCUT2D eigenvalue weighted by Crippen LogP contribution is 2.15. The number of hydrogen-bond acceptors (Lipinski definition) is 6. The molecule has 19 heavy (non-hydrogen) atoms. The Morgan fingerprint density at radius 1 is 1.53 bits per heavy atom. The van der Waals surface area contributed by atoms with E-state index in [1.165, 1.54) is 12.3 Å². The number of nitrogen functional groups attached to an aromatic ring is 1. The van der Waals surface area contributed by atoms with E-state index in [1.54, 1.807) is 18.1 Å². The molecule has 0 radical (unpaired) electrons. The van der Waals surface area contributed by atoms with E-state index in [9.17, 15) is 4.79 Å². The molecule has 2 rings (SSSR count). The van der Waals surface area contributed by atoms with Crippen molar-refractivity contribution in [2.45, 2.75) is 6.42 Å². The number of nitrogens with one attached hydrogen (secondary N) is 1.